The number of nitrogen functional groups attached to an aromatic ring is 1. The van der Waals surface area contributed by atoms with Crippen molar-refractivity contribution in [2.24, 2.45) is 5.84 Å². The number of hydrazine groups is 1. The molecule has 94 valence electrons. The standard InChI is InChI=1S/C9H12F2N4OS/c10-9(11)1-3-15(4-2-9)8-13-5-6(17-8)7(16)14-12/h5H,1-4,12H2,(H,14,16). The molecule has 0 atom stereocenters. The van der Waals surface area contributed by atoms with Gasteiger partial charge < -0.3 is 4.90 Å². The number of carbonyl (C=O) groups is 1. The van der Waals surface area contributed by atoms with Gasteiger partial charge in [0.25, 0.3) is 11.8 Å². The highest BCUT2D eigenvalue weighted by molar-refractivity contribution is 7.17. The Morgan fingerprint density at radius 3 is 2.76 bits per heavy atom. The number of rotatable bonds is 2. The van der Waals surface area contributed by atoms with Crippen molar-refractivity contribution in [2.45, 2.75) is 18.8 Å². The van der Waals surface area contributed by atoms with Crippen LogP contribution in [0.1, 0.15) is 22.5 Å². The number of hydrogen-bond donors (Lipinski definition) is 2. The molecule has 1 aromatic heterocycles. The third kappa shape index (κ3) is 2.70. The first-order chi connectivity index (χ1) is 8.02. The summed E-state index contributed by atoms with van der Waals surface area (Å²) in [5.41, 5.74) is 2.00. The maximum absolute atomic E-state index is 13.0. The Kier molecular flexibility index (Phi) is 3.25. The maximum atomic E-state index is 13.0. The number of alkyl halides is 2. The Morgan fingerprint density at radius 1 is 1.53 bits per heavy atom. The fourth-order valence-corrected chi connectivity index (χ4v) is 2.48. The molecule has 3 N–H and O–H groups in total. The highest BCUT2D eigenvalue weighted by Gasteiger charge is 2.34. The number of piperidine rings is 1. The van der Waals surface area contributed by atoms with Crippen LogP contribution in [0.2, 0.25) is 0 Å². The van der Waals surface area contributed by atoms with Crippen LogP contribution in [0.3, 0.4) is 0 Å². The molecule has 1 saturated heterocycles. The van der Waals surface area contributed by atoms with E-state index < -0.39 is 11.8 Å². The summed E-state index contributed by atoms with van der Waals surface area (Å²) in [7, 11) is 0. The third-order valence-electron chi connectivity index (χ3n) is 2.61. The summed E-state index contributed by atoms with van der Waals surface area (Å²) < 4.78 is 25.9. The minimum Gasteiger partial charge on any atom is -0.348 e. The Bertz CT molecular complexity index is 413. The Hall–Kier alpha value is -1.28. The monoisotopic (exact) mass is 262 g/mol. The lowest BCUT2D eigenvalue weighted by Gasteiger charge is -2.31. The van der Waals surface area contributed by atoms with Gasteiger partial charge in [-0.1, -0.05) is 11.3 Å². The molecule has 2 rings (SSSR count). The summed E-state index contributed by atoms with van der Waals surface area (Å²) in [6.45, 7) is 0.508. The second-order valence-corrected chi connectivity index (χ2v) is 4.83. The number of carbonyl (C=O) groups excluding carboxylic acids is 1. The van der Waals surface area contributed by atoms with E-state index >= 15 is 0 Å². The van der Waals surface area contributed by atoms with Gasteiger partial charge in [-0.25, -0.2) is 19.6 Å². The van der Waals surface area contributed by atoms with Gasteiger partial charge in [-0.15, -0.1) is 0 Å². The minimum atomic E-state index is -2.58. The van der Waals surface area contributed by atoms with Crippen LogP contribution in [0.4, 0.5) is 13.9 Å². The quantitative estimate of drug-likeness (QED) is 0.473. The Balaban J connectivity index is 2.04. The number of aromatic nitrogens is 1. The lowest BCUT2D eigenvalue weighted by molar-refractivity contribution is -0.0220. The molecule has 17 heavy (non-hydrogen) atoms. The average molecular weight is 262 g/mol. The molecule has 1 aliphatic rings. The predicted molar refractivity (Wildman–Crippen MR) is 60.2 cm³/mol. The topological polar surface area (TPSA) is 71.2 Å². The summed E-state index contributed by atoms with van der Waals surface area (Å²) in [6.07, 6.45) is 1.05. The number of halogens is 2. The predicted octanol–water partition coefficient (Wildman–Crippen LogP) is 0.982. The number of nitrogens with zero attached hydrogens (tertiary/aromatic N) is 2. The summed E-state index contributed by atoms with van der Waals surface area (Å²) in [5.74, 6) is 2.00. The molecule has 0 radical (unpaired) electrons. The van der Waals surface area contributed by atoms with E-state index in [1.807, 2.05) is 5.43 Å². The van der Waals surface area contributed by atoms with Crippen LogP contribution in [0, 0.1) is 0 Å². The van der Waals surface area contributed by atoms with Crippen molar-refractivity contribution in [3.05, 3.63) is 11.1 Å². The Labute approximate surface area is 101 Å². The second kappa shape index (κ2) is 4.53. The van der Waals surface area contributed by atoms with Crippen LogP contribution >= 0.6 is 11.3 Å². The molecule has 1 aromatic rings. The third-order valence-corrected chi connectivity index (χ3v) is 3.67. The lowest BCUT2D eigenvalue weighted by atomic mass is 10.1. The van der Waals surface area contributed by atoms with Crippen molar-refractivity contribution in [1.82, 2.24) is 10.4 Å². The van der Waals surface area contributed by atoms with Crippen LogP contribution in [0.5, 0.6) is 0 Å². The van der Waals surface area contributed by atoms with Crippen LogP contribution in [0.25, 0.3) is 0 Å². The highest BCUT2D eigenvalue weighted by Crippen LogP contribution is 2.32. The van der Waals surface area contributed by atoms with Gasteiger partial charge in [0.05, 0.1) is 6.20 Å². The lowest BCUT2D eigenvalue weighted by Crippen LogP contribution is -2.39. The summed E-state index contributed by atoms with van der Waals surface area (Å²) in [4.78, 5) is 17.4. The number of thiazole rings is 1. The van der Waals surface area contributed by atoms with E-state index in [4.69, 9.17) is 5.84 Å². The Morgan fingerprint density at radius 2 is 2.18 bits per heavy atom. The molecule has 1 aliphatic heterocycles. The molecule has 0 aromatic carbocycles. The smallest absolute Gasteiger partial charge is 0.276 e. The number of amides is 1. The largest absolute Gasteiger partial charge is 0.348 e. The van der Waals surface area contributed by atoms with Gasteiger partial charge in [-0.05, 0) is 0 Å². The molecule has 5 nitrogen and oxygen atoms in total. The van der Waals surface area contributed by atoms with Crippen molar-refractivity contribution in [1.29, 1.82) is 0 Å². The minimum absolute atomic E-state index is 0.176. The summed E-state index contributed by atoms with van der Waals surface area (Å²) in [5, 5.41) is 0.583. The first kappa shape index (κ1) is 12.2. The van der Waals surface area contributed by atoms with Crippen molar-refractivity contribution >= 4 is 22.4 Å². The molecule has 0 bridgehead atoms. The van der Waals surface area contributed by atoms with Crippen molar-refractivity contribution in [2.75, 3.05) is 18.0 Å². The van der Waals surface area contributed by atoms with Gasteiger partial charge in [-0.2, -0.15) is 0 Å². The zero-order valence-corrected chi connectivity index (χ0v) is 9.77. The van der Waals surface area contributed by atoms with E-state index in [2.05, 4.69) is 4.98 Å². The first-order valence-electron chi connectivity index (χ1n) is 5.11. The molecule has 1 amide bonds. The van der Waals surface area contributed by atoms with Gasteiger partial charge in [-0.3, -0.25) is 10.2 Å². The van der Waals surface area contributed by atoms with E-state index in [0.717, 1.165) is 11.3 Å². The highest BCUT2D eigenvalue weighted by atomic mass is 32.1. The van der Waals surface area contributed by atoms with Gasteiger partial charge in [0.15, 0.2) is 5.13 Å². The van der Waals surface area contributed by atoms with E-state index in [0.29, 0.717) is 10.0 Å². The van der Waals surface area contributed by atoms with Gasteiger partial charge in [0.1, 0.15) is 4.88 Å². The van der Waals surface area contributed by atoms with Crippen molar-refractivity contribution in [3.63, 3.8) is 0 Å². The first-order valence-corrected chi connectivity index (χ1v) is 5.93. The molecule has 2 heterocycles. The zero-order chi connectivity index (χ0) is 12.5. The van der Waals surface area contributed by atoms with E-state index in [1.54, 1.807) is 4.90 Å². The number of hydrogen-bond acceptors (Lipinski definition) is 5. The molecule has 0 saturated carbocycles. The molecule has 0 spiro atoms. The van der Waals surface area contributed by atoms with Crippen LogP contribution in [-0.2, 0) is 0 Å². The second-order valence-electron chi connectivity index (χ2n) is 3.82. The fraction of sp³-hybridized carbons (Fsp3) is 0.556. The van der Waals surface area contributed by atoms with Crippen molar-refractivity contribution < 1.29 is 13.6 Å². The van der Waals surface area contributed by atoms with Gasteiger partial charge in [0, 0.05) is 25.9 Å². The van der Waals surface area contributed by atoms with E-state index in [9.17, 15) is 13.6 Å². The van der Waals surface area contributed by atoms with Crippen LogP contribution in [0.15, 0.2) is 6.20 Å². The van der Waals surface area contributed by atoms with E-state index in [1.165, 1.54) is 6.20 Å². The molecule has 1 fully saturated rings. The van der Waals surface area contributed by atoms with Gasteiger partial charge in [0.2, 0.25) is 0 Å². The number of nitrogens with one attached hydrogen (secondary N) is 1. The maximum Gasteiger partial charge on any atom is 0.276 e. The summed E-state index contributed by atoms with van der Waals surface area (Å²) >= 11 is 1.15. The fourth-order valence-electron chi connectivity index (χ4n) is 1.61. The number of anilines is 1. The average Bonchev–Trinajstić information content (AvgIpc) is 2.77. The molecular weight excluding hydrogens is 250 g/mol. The molecule has 0 aliphatic carbocycles. The van der Waals surface area contributed by atoms with Crippen LogP contribution in [-0.4, -0.2) is 29.9 Å². The zero-order valence-electron chi connectivity index (χ0n) is 8.95. The van der Waals surface area contributed by atoms with E-state index in [-0.39, 0.29) is 25.9 Å². The number of nitrogens with two attached hydrogens (primary N) is 1. The molecule has 8 heteroatoms. The molecule has 0 unspecified atom stereocenters. The molecular formula is C9H12F2N4OS. The SMILES string of the molecule is NNC(=O)c1cnc(N2CCC(F)(F)CC2)s1. The van der Waals surface area contributed by atoms with Gasteiger partial charge >= 0.3 is 0 Å². The van der Waals surface area contributed by atoms with Crippen molar-refractivity contribution in [3.8, 4) is 0 Å². The normalized spacial score (nSPS) is 19.1. The van der Waals surface area contributed by atoms with Crippen LogP contribution < -0.4 is 16.2 Å². The summed E-state index contributed by atoms with van der Waals surface area (Å²) in [6, 6.07) is 0.